The second-order valence-corrected chi connectivity index (χ2v) is 6.30. The number of aromatic amines is 1. The van der Waals surface area contributed by atoms with Crippen LogP contribution in [-0.2, 0) is 9.53 Å². The zero-order chi connectivity index (χ0) is 18.1. The van der Waals surface area contributed by atoms with E-state index in [1.54, 1.807) is 19.9 Å². The topological polar surface area (TPSA) is 76.2 Å². The predicted octanol–water partition coefficient (Wildman–Crippen LogP) is 3.01. The van der Waals surface area contributed by atoms with E-state index in [9.17, 15) is 18.8 Å². The third-order valence-electron chi connectivity index (χ3n) is 4.37. The van der Waals surface area contributed by atoms with Gasteiger partial charge in [-0.15, -0.1) is 0 Å². The van der Waals surface area contributed by atoms with Gasteiger partial charge < -0.3 is 9.72 Å². The molecule has 25 heavy (non-hydrogen) atoms. The summed E-state index contributed by atoms with van der Waals surface area (Å²) < 4.78 is 19.4. The zero-order valence-electron chi connectivity index (χ0n) is 14.0. The second kappa shape index (κ2) is 6.63. The molecule has 1 aromatic carbocycles. The highest BCUT2D eigenvalue weighted by atomic mass is 19.1. The third kappa shape index (κ3) is 3.52. The molecule has 2 aromatic rings. The molecule has 1 fully saturated rings. The highest BCUT2D eigenvalue weighted by Crippen LogP contribution is 2.37. The fourth-order valence-electron chi connectivity index (χ4n) is 2.59. The highest BCUT2D eigenvalue weighted by molar-refractivity contribution is 5.94. The van der Waals surface area contributed by atoms with Gasteiger partial charge in [0.2, 0.25) is 0 Å². The Kier molecular flexibility index (Phi) is 4.53. The summed E-state index contributed by atoms with van der Waals surface area (Å²) in [5, 5.41) is 0. The Morgan fingerprint density at radius 1 is 1.24 bits per heavy atom. The monoisotopic (exact) mass is 343 g/mol. The van der Waals surface area contributed by atoms with Crippen LogP contribution in [0.25, 0.3) is 0 Å². The molecular formula is C19H18FNO4. The van der Waals surface area contributed by atoms with Crippen molar-refractivity contribution in [3.8, 4) is 0 Å². The van der Waals surface area contributed by atoms with Crippen LogP contribution in [0.15, 0.2) is 35.1 Å². The number of H-pyrrole nitrogens is 1. The molecule has 0 spiro atoms. The molecule has 0 amide bonds. The molecule has 5 nitrogen and oxygen atoms in total. The highest BCUT2D eigenvalue weighted by Gasteiger charge is 2.39. The molecule has 1 aliphatic rings. The molecule has 1 N–H and O–H groups in total. The third-order valence-corrected chi connectivity index (χ3v) is 4.37. The van der Waals surface area contributed by atoms with E-state index in [2.05, 4.69) is 4.98 Å². The van der Waals surface area contributed by atoms with Crippen molar-refractivity contribution in [1.82, 2.24) is 4.98 Å². The van der Waals surface area contributed by atoms with E-state index in [1.165, 1.54) is 24.3 Å². The van der Waals surface area contributed by atoms with Crippen LogP contribution in [0, 0.1) is 25.6 Å². The van der Waals surface area contributed by atoms with Crippen LogP contribution in [0.5, 0.6) is 0 Å². The van der Waals surface area contributed by atoms with Crippen LogP contribution >= 0.6 is 0 Å². The lowest BCUT2D eigenvalue weighted by Gasteiger charge is -2.18. The minimum Gasteiger partial charge on any atom is -0.446 e. The average molecular weight is 343 g/mol. The normalized spacial score (nSPS) is 14.8. The number of rotatable bonds is 5. The number of halogens is 1. The fourth-order valence-corrected chi connectivity index (χ4v) is 2.59. The Bertz CT molecular complexity index is 899. The first kappa shape index (κ1) is 17.1. The number of aromatic nitrogens is 1. The van der Waals surface area contributed by atoms with Gasteiger partial charge in [0.15, 0.2) is 11.9 Å². The minimum absolute atomic E-state index is 0.00742. The Balaban J connectivity index is 1.94. The minimum atomic E-state index is -1.35. The van der Waals surface area contributed by atoms with E-state index in [1.807, 2.05) is 0 Å². The second-order valence-electron chi connectivity index (χ2n) is 6.30. The van der Waals surface area contributed by atoms with Gasteiger partial charge in [-0.2, -0.15) is 0 Å². The summed E-state index contributed by atoms with van der Waals surface area (Å²) in [4.78, 5) is 39.5. The number of ketones is 1. The van der Waals surface area contributed by atoms with E-state index in [0.29, 0.717) is 24.1 Å². The van der Waals surface area contributed by atoms with Crippen LogP contribution in [0.3, 0.4) is 0 Å². The molecule has 6 heteroatoms. The van der Waals surface area contributed by atoms with E-state index >= 15 is 0 Å². The van der Waals surface area contributed by atoms with Gasteiger partial charge in [-0.3, -0.25) is 9.59 Å². The molecule has 130 valence electrons. The van der Waals surface area contributed by atoms with Gasteiger partial charge >= 0.3 is 5.97 Å². The fraction of sp³-hybridized carbons (Fsp3) is 0.316. The molecule has 1 atom stereocenters. The maximum atomic E-state index is 14.1. The van der Waals surface area contributed by atoms with Gasteiger partial charge in [-0.25, -0.2) is 9.18 Å². The lowest BCUT2D eigenvalue weighted by atomic mass is 10.0. The molecule has 3 rings (SSSR count). The van der Waals surface area contributed by atoms with Crippen molar-refractivity contribution in [2.24, 2.45) is 5.92 Å². The van der Waals surface area contributed by atoms with Gasteiger partial charge in [-0.05, 0) is 44.4 Å². The lowest BCUT2D eigenvalue weighted by Crippen LogP contribution is -2.26. The standard InChI is InChI=1S/C19H18FNO4/c1-10-9-14(18(23)21-11(10)2)19(24)25-17(16(22)12-7-8-12)13-5-3-4-6-15(13)20/h3-6,9,12,17H,7-8H2,1-2H3,(H,21,23). The SMILES string of the molecule is Cc1cc(C(=O)OC(C(=O)C2CC2)c2ccccc2F)c(=O)[nH]c1C. The Hall–Kier alpha value is -2.76. The number of pyridine rings is 1. The van der Waals surface area contributed by atoms with Crippen molar-refractivity contribution in [3.63, 3.8) is 0 Å². The number of hydrogen-bond donors (Lipinski definition) is 1. The molecule has 1 saturated carbocycles. The van der Waals surface area contributed by atoms with Crippen molar-refractivity contribution in [2.75, 3.05) is 0 Å². The largest absolute Gasteiger partial charge is 0.446 e. The lowest BCUT2D eigenvalue weighted by molar-refractivity contribution is -0.129. The molecule has 1 heterocycles. The van der Waals surface area contributed by atoms with Crippen LogP contribution in [0.4, 0.5) is 4.39 Å². The van der Waals surface area contributed by atoms with Crippen LogP contribution < -0.4 is 5.56 Å². The molecule has 0 saturated heterocycles. The summed E-state index contributed by atoms with van der Waals surface area (Å²) in [5.74, 6) is -2.12. The van der Waals surface area contributed by atoms with Gasteiger partial charge in [0.25, 0.3) is 5.56 Å². The number of esters is 1. The summed E-state index contributed by atoms with van der Waals surface area (Å²) in [6.45, 7) is 3.45. The maximum absolute atomic E-state index is 14.1. The van der Waals surface area contributed by atoms with Crippen molar-refractivity contribution >= 4 is 11.8 Å². The van der Waals surface area contributed by atoms with E-state index in [-0.39, 0.29) is 22.8 Å². The number of benzene rings is 1. The quantitative estimate of drug-likeness (QED) is 0.847. The number of hydrogen-bond acceptors (Lipinski definition) is 4. The van der Waals surface area contributed by atoms with Gasteiger partial charge in [0.1, 0.15) is 11.4 Å². The smallest absolute Gasteiger partial charge is 0.344 e. The molecule has 1 unspecified atom stereocenters. The first-order chi connectivity index (χ1) is 11.9. The number of ether oxygens (including phenoxy) is 1. The molecular weight excluding hydrogens is 325 g/mol. The summed E-state index contributed by atoms with van der Waals surface area (Å²) in [5.41, 5.74) is 0.559. The maximum Gasteiger partial charge on any atom is 0.344 e. The number of aryl methyl sites for hydroxylation is 2. The van der Waals surface area contributed by atoms with E-state index in [4.69, 9.17) is 4.74 Å². The summed E-state index contributed by atoms with van der Waals surface area (Å²) in [6.07, 6.45) is 0.0547. The van der Waals surface area contributed by atoms with Gasteiger partial charge in [0, 0.05) is 17.2 Å². The molecule has 1 aliphatic carbocycles. The zero-order valence-corrected chi connectivity index (χ0v) is 14.0. The predicted molar refractivity (Wildman–Crippen MR) is 88.8 cm³/mol. The molecule has 0 aliphatic heterocycles. The first-order valence-electron chi connectivity index (χ1n) is 8.08. The summed E-state index contributed by atoms with van der Waals surface area (Å²) in [7, 11) is 0. The first-order valence-corrected chi connectivity index (χ1v) is 8.08. The number of Topliss-reactive ketones (excluding diaryl/α,β-unsaturated/α-hetero) is 1. The Labute approximate surface area is 143 Å². The number of carbonyl (C=O) groups excluding carboxylic acids is 2. The number of nitrogens with one attached hydrogen (secondary N) is 1. The van der Waals surface area contributed by atoms with Crippen molar-refractivity contribution < 1.29 is 18.7 Å². The van der Waals surface area contributed by atoms with Crippen molar-refractivity contribution in [2.45, 2.75) is 32.8 Å². The van der Waals surface area contributed by atoms with E-state index in [0.717, 1.165) is 0 Å². The molecule has 1 aromatic heterocycles. The van der Waals surface area contributed by atoms with Crippen LogP contribution in [0.1, 0.15) is 46.1 Å². The Morgan fingerprint density at radius 2 is 1.92 bits per heavy atom. The van der Waals surface area contributed by atoms with Gasteiger partial charge in [-0.1, -0.05) is 18.2 Å². The average Bonchev–Trinajstić information content (AvgIpc) is 3.41. The molecule has 0 bridgehead atoms. The molecule has 0 radical (unpaired) electrons. The van der Waals surface area contributed by atoms with E-state index < -0.39 is 23.4 Å². The van der Waals surface area contributed by atoms with Crippen molar-refractivity contribution in [1.29, 1.82) is 0 Å². The summed E-state index contributed by atoms with van der Waals surface area (Å²) in [6, 6.07) is 7.10. The van der Waals surface area contributed by atoms with Crippen molar-refractivity contribution in [3.05, 3.63) is 68.9 Å². The Morgan fingerprint density at radius 3 is 2.56 bits per heavy atom. The van der Waals surface area contributed by atoms with Crippen LogP contribution in [-0.4, -0.2) is 16.7 Å². The van der Waals surface area contributed by atoms with Gasteiger partial charge in [0.05, 0.1) is 0 Å². The van der Waals surface area contributed by atoms with Crippen LogP contribution in [0.2, 0.25) is 0 Å². The summed E-state index contributed by atoms with van der Waals surface area (Å²) >= 11 is 0. The number of carbonyl (C=O) groups is 2.